The van der Waals surface area contributed by atoms with E-state index in [-0.39, 0.29) is 0 Å². The highest BCUT2D eigenvalue weighted by atomic mass is 79.9. The number of benzene rings is 2. The number of para-hydroxylation sites is 1. The molecule has 0 atom stereocenters. The first-order valence-corrected chi connectivity index (χ1v) is 6.62. The average Bonchev–Trinajstić information content (AvgIpc) is 2.84. The molecule has 0 aliphatic heterocycles. The smallest absolute Gasteiger partial charge is 0.0897 e. The molecule has 0 amide bonds. The van der Waals surface area contributed by atoms with Gasteiger partial charge in [0.15, 0.2) is 0 Å². The summed E-state index contributed by atoms with van der Waals surface area (Å²) in [5.74, 6) is 0. The van der Waals surface area contributed by atoms with Crippen molar-refractivity contribution in [2.24, 2.45) is 0 Å². The van der Waals surface area contributed by atoms with Crippen molar-refractivity contribution in [1.29, 1.82) is 0 Å². The molecule has 0 N–H and O–H groups in total. The van der Waals surface area contributed by atoms with Gasteiger partial charge in [0.2, 0.25) is 0 Å². The Balaban J connectivity index is 2.07. The van der Waals surface area contributed by atoms with Crippen molar-refractivity contribution in [3.8, 4) is 0 Å². The quantitative estimate of drug-likeness (QED) is 0.628. The Kier molecular flexibility index (Phi) is 3.03. The fraction of sp³-hybridized carbons (Fsp3) is 0. The Bertz CT molecular complexity index is 695. The van der Waals surface area contributed by atoms with Gasteiger partial charge in [-0.15, -0.1) is 0 Å². The van der Waals surface area contributed by atoms with E-state index in [1.165, 1.54) is 16.5 Å². The Morgan fingerprint density at radius 1 is 0.889 bits per heavy atom. The molecule has 0 aliphatic rings. The number of aromatic nitrogens is 1. The van der Waals surface area contributed by atoms with Crippen LogP contribution in [0, 0.1) is 0 Å². The maximum Gasteiger partial charge on any atom is 0.0897 e. The minimum Gasteiger partial charge on any atom is -0.311 e. The van der Waals surface area contributed by atoms with E-state index in [2.05, 4.69) is 75.2 Å². The van der Waals surface area contributed by atoms with Crippen LogP contribution in [0.2, 0.25) is 0 Å². The minimum atomic E-state index is 1.04. The van der Waals surface area contributed by atoms with E-state index >= 15 is 0 Å². The van der Waals surface area contributed by atoms with Gasteiger partial charge in [0.25, 0.3) is 0 Å². The van der Waals surface area contributed by atoms with Gasteiger partial charge in [0.05, 0.1) is 10.1 Å². The van der Waals surface area contributed by atoms with Crippen molar-refractivity contribution in [3.63, 3.8) is 0 Å². The van der Waals surface area contributed by atoms with Crippen molar-refractivity contribution in [2.75, 3.05) is 0 Å². The van der Waals surface area contributed by atoms with Crippen molar-refractivity contribution < 1.29 is 0 Å². The molecule has 0 saturated heterocycles. The zero-order valence-corrected chi connectivity index (χ0v) is 11.3. The predicted molar refractivity (Wildman–Crippen MR) is 81.5 cm³/mol. The van der Waals surface area contributed by atoms with E-state index in [0.717, 1.165) is 4.61 Å². The number of rotatable bonds is 2. The van der Waals surface area contributed by atoms with Crippen molar-refractivity contribution in [3.05, 3.63) is 72.4 Å². The Morgan fingerprint density at radius 3 is 2.44 bits per heavy atom. The summed E-state index contributed by atoms with van der Waals surface area (Å²) in [6, 6.07) is 20.8. The summed E-state index contributed by atoms with van der Waals surface area (Å²) in [5, 5.41) is 1.25. The Morgan fingerprint density at radius 2 is 1.61 bits per heavy atom. The van der Waals surface area contributed by atoms with Crippen LogP contribution in [0.1, 0.15) is 5.56 Å². The third kappa shape index (κ3) is 2.12. The van der Waals surface area contributed by atoms with Gasteiger partial charge in [-0.2, -0.15) is 0 Å². The molecular formula is C16H12BrN. The predicted octanol–water partition coefficient (Wildman–Crippen LogP) is 4.99. The average molecular weight is 298 g/mol. The van der Waals surface area contributed by atoms with E-state index in [9.17, 15) is 0 Å². The molecule has 88 valence electrons. The largest absolute Gasteiger partial charge is 0.311 e. The van der Waals surface area contributed by atoms with Crippen LogP contribution in [-0.2, 0) is 0 Å². The third-order valence-electron chi connectivity index (χ3n) is 2.91. The topological polar surface area (TPSA) is 4.93 Å². The van der Waals surface area contributed by atoms with Gasteiger partial charge in [0, 0.05) is 6.20 Å². The molecular weight excluding hydrogens is 286 g/mol. The van der Waals surface area contributed by atoms with Gasteiger partial charge in [0.1, 0.15) is 0 Å². The van der Waals surface area contributed by atoms with Gasteiger partial charge >= 0.3 is 0 Å². The number of fused-ring (bicyclic) bond motifs is 1. The summed E-state index contributed by atoms with van der Waals surface area (Å²) in [6.07, 6.45) is 4.20. The number of nitrogens with zero attached hydrogens (tertiary/aromatic N) is 1. The molecule has 2 aromatic carbocycles. The fourth-order valence-electron chi connectivity index (χ4n) is 2.03. The first-order valence-electron chi connectivity index (χ1n) is 5.83. The summed E-state index contributed by atoms with van der Waals surface area (Å²) < 4.78 is 3.18. The number of halogens is 1. The van der Waals surface area contributed by atoms with Crippen LogP contribution >= 0.6 is 15.9 Å². The normalized spacial score (nSPS) is 11.9. The number of hydrogen-bond acceptors (Lipinski definition) is 0. The van der Waals surface area contributed by atoms with Crippen LogP contribution in [0.15, 0.2) is 66.9 Å². The molecule has 0 saturated carbocycles. The van der Waals surface area contributed by atoms with Crippen LogP contribution in [-0.4, -0.2) is 4.57 Å². The fourth-order valence-corrected chi connectivity index (χ4v) is 2.60. The van der Waals surface area contributed by atoms with Gasteiger partial charge in [-0.05, 0) is 45.1 Å². The maximum atomic E-state index is 3.65. The molecule has 3 aromatic rings. The van der Waals surface area contributed by atoms with E-state index in [4.69, 9.17) is 0 Å². The molecule has 0 radical (unpaired) electrons. The Hall–Kier alpha value is -1.80. The van der Waals surface area contributed by atoms with Crippen molar-refractivity contribution in [2.45, 2.75) is 0 Å². The lowest BCUT2D eigenvalue weighted by Crippen LogP contribution is -1.88. The standard InChI is InChI=1S/C16H12BrN/c17-16(12-13-6-2-1-3-7-13)18-11-10-14-8-4-5-9-15(14)18/h1-12H/b16-12-. The van der Waals surface area contributed by atoms with Gasteiger partial charge in [-0.25, -0.2) is 0 Å². The zero-order valence-electron chi connectivity index (χ0n) is 9.75. The molecule has 0 unspecified atom stereocenters. The van der Waals surface area contributed by atoms with Crippen molar-refractivity contribution >= 4 is 37.5 Å². The van der Waals surface area contributed by atoms with Crippen LogP contribution in [0.3, 0.4) is 0 Å². The SMILES string of the molecule is Br/C(=C/c1ccccc1)n1ccc2ccccc21. The lowest BCUT2D eigenvalue weighted by atomic mass is 10.2. The molecule has 3 rings (SSSR count). The minimum absolute atomic E-state index is 1.04. The highest BCUT2D eigenvalue weighted by molar-refractivity contribution is 9.15. The molecule has 0 aliphatic carbocycles. The van der Waals surface area contributed by atoms with Crippen molar-refractivity contribution in [1.82, 2.24) is 4.57 Å². The maximum absolute atomic E-state index is 3.65. The number of hydrogen-bond donors (Lipinski definition) is 0. The molecule has 0 bridgehead atoms. The second kappa shape index (κ2) is 4.83. The van der Waals surface area contributed by atoms with E-state index < -0.39 is 0 Å². The summed E-state index contributed by atoms with van der Waals surface area (Å²) in [5.41, 5.74) is 2.39. The Labute approximate surface area is 114 Å². The van der Waals surface area contributed by atoms with E-state index in [0.29, 0.717) is 0 Å². The lowest BCUT2D eigenvalue weighted by Gasteiger charge is -2.04. The highest BCUT2D eigenvalue weighted by Gasteiger charge is 2.02. The zero-order chi connectivity index (χ0) is 12.4. The summed E-state index contributed by atoms with van der Waals surface area (Å²) in [4.78, 5) is 0. The monoisotopic (exact) mass is 297 g/mol. The van der Waals surface area contributed by atoms with Crippen LogP contribution < -0.4 is 0 Å². The highest BCUT2D eigenvalue weighted by Crippen LogP contribution is 2.24. The molecule has 1 aromatic heterocycles. The first-order chi connectivity index (χ1) is 8.84. The molecule has 0 fully saturated rings. The van der Waals surface area contributed by atoms with E-state index in [1.807, 2.05) is 18.2 Å². The second-order valence-corrected chi connectivity index (χ2v) is 4.93. The summed E-state index contributed by atoms with van der Waals surface area (Å²) in [7, 11) is 0. The molecule has 2 heteroatoms. The third-order valence-corrected chi connectivity index (χ3v) is 3.53. The van der Waals surface area contributed by atoms with Gasteiger partial charge in [-0.3, -0.25) is 0 Å². The summed E-state index contributed by atoms with van der Waals surface area (Å²) in [6.45, 7) is 0. The van der Waals surface area contributed by atoms with Crippen LogP contribution in [0.25, 0.3) is 21.6 Å². The first kappa shape index (κ1) is 11.3. The summed E-state index contributed by atoms with van der Waals surface area (Å²) >= 11 is 3.65. The lowest BCUT2D eigenvalue weighted by molar-refractivity contribution is 1.22. The van der Waals surface area contributed by atoms with Gasteiger partial charge in [-0.1, -0.05) is 48.5 Å². The second-order valence-electron chi connectivity index (χ2n) is 4.12. The molecule has 1 nitrogen and oxygen atoms in total. The molecule has 18 heavy (non-hydrogen) atoms. The van der Waals surface area contributed by atoms with Gasteiger partial charge < -0.3 is 4.57 Å². The van der Waals surface area contributed by atoms with Crippen LogP contribution in [0.4, 0.5) is 0 Å². The van der Waals surface area contributed by atoms with E-state index in [1.54, 1.807) is 0 Å². The molecule has 0 spiro atoms. The molecule has 1 heterocycles. The van der Waals surface area contributed by atoms with Crippen LogP contribution in [0.5, 0.6) is 0 Å².